The van der Waals surface area contributed by atoms with Gasteiger partial charge in [-0.25, -0.2) is 0 Å². The Balaban J connectivity index is 1.86. The van der Waals surface area contributed by atoms with Gasteiger partial charge in [0.15, 0.2) is 0 Å². The number of esters is 1. The van der Waals surface area contributed by atoms with Gasteiger partial charge >= 0.3 is 5.97 Å². The molecule has 0 bridgehead atoms. The van der Waals surface area contributed by atoms with Crippen molar-refractivity contribution >= 4 is 49.6 Å². The fraction of sp³-hybridized carbons (Fsp3) is 0.317. The van der Waals surface area contributed by atoms with Gasteiger partial charge in [0.2, 0.25) is 0 Å². The maximum atomic E-state index is 13.3. The molecule has 0 saturated heterocycles. The first-order chi connectivity index (χ1) is 22.9. The summed E-state index contributed by atoms with van der Waals surface area (Å²) in [6, 6.07) is 41.1. The SMILES string of the molecule is C=CCOC(=O)C[C@H](C[C@H](C=O)O[Si](c1ccccc1)(c1ccccc1)C(C)(C)C)O[Si](c1ccccc1)(c1ccccc1)C(C)(C)C. The van der Waals surface area contributed by atoms with Crippen LogP contribution in [-0.2, 0) is 23.2 Å². The molecule has 4 aromatic carbocycles. The molecule has 0 spiro atoms. The Kier molecular flexibility index (Phi) is 12.3. The topological polar surface area (TPSA) is 61.8 Å². The Morgan fingerprint density at radius 3 is 1.31 bits per heavy atom. The molecule has 4 rings (SSSR count). The minimum atomic E-state index is -3.10. The van der Waals surface area contributed by atoms with Crippen LogP contribution < -0.4 is 20.7 Å². The summed E-state index contributed by atoms with van der Waals surface area (Å²) in [6.45, 7) is 16.9. The summed E-state index contributed by atoms with van der Waals surface area (Å²) in [5, 5.41) is 3.64. The van der Waals surface area contributed by atoms with Gasteiger partial charge in [0, 0.05) is 6.42 Å². The second-order valence-electron chi connectivity index (χ2n) is 14.3. The van der Waals surface area contributed by atoms with Crippen LogP contribution in [0, 0.1) is 0 Å². The Morgan fingerprint density at radius 1 is 0.646 bits per heavy atom. The Morgan fingerprint density at radius 2 is 1.00 bits per heavy atom. The predicted octanol–water partition coefficient (Wildman–Crippen LogP) is 6.59. The van der Waals surface area contributed by atoms with Crippen molar-refractivity contribution < 1.29 is 23.2 Å². The molecule has 5 nitrogen and oxygen atoms in total. The van der Waals surface area contributed by atoms with E-state index in [4.69, 9.17) is 13.6 Å². The van der Waals surface area contributed by atoms with Gasteiger partial charge in [-0.3, -0.25) is 4.79 Å². The molecule has 0 aromatic heterocycles. The van der Waals surface area contributed by atoms with E-state index in [1.807, 2.05) is 72.8 Å². The van der Waals surface area contributed by atoms with E-state index in [-0.39, 0.29) is 29.5 Å². The summed E-state index contributed by atoms with van der Waals surface area (Å²) in [5.41, 5.74) is 0. The van der Waals surface area contributed by atoms with Crippen molar-refractivity contribution in [3.05, 3.63) is 134 Å². The molecule has 252 valence electrons. The lowest BCUT2D eigenvalue weighted by Gasteiger charge is -2.46. The Hall–Kier alpha value is -3.89. The van der Waals surface area contributed by atoms with Crippen LogP contribution in [0.1, 0.15) is 54.4 Å². The van der Waals surface area contributed by atoms with E-state index in [9.17, 15) is 9.59 Å². The highest BCUT2D eigenvalue weighted by Crippen LogP contribution is 2.40. The molecule has 0 heterocycles. The van der Waals surface area contributed by atoms with Crippen molar-refractivity contribution in [1.29, 1.82) is 0 Å². The van der Waals surface area contributed by atoms with E-state index in [1.54, 1.807) is 6.08 Å². The maximum Gasteiger partial charge on any atom is 0.308 e. The number of hydrogen-bond acceptors (Lipinski definition) is 5. The quantitative estimate of drug-likeness (QED) is 0.0615. The molecule has 0 amide bonds. The molecule has 0 aliphatic carbocycles. The van der Waals surface area contributed by atoms with Crippen LogP contribution in [0.2, 0.25) is 10.1 Å². The van der Waals surface area contributed by atoms with Crippen molar-refractivity contribution in [3.8, 4) is 0 Å². The fourth-order valence-electron chi connectivity index (χ4n) is 6.82. The lowest BCUT2D eigenvalue weighted by molar-refractivity contribution is -0.144. The van der Waals surface area contributed by atoms with Gasteiger partial charge < -0.3 is 18.4 Å². The molecule has 0 aliphatic heterocycles. The van der Waals surface area contributed by atoms with Crippen LogP contribution >= 0.6 is 0 Å². The Bertz CT molecular complexity index is 1520. The summed E-state index contributed by atoms with van der Waals surface area (Å²) in [5.74, 6) is -0.409. The first-order valence-corrected chi connectivity index (χ1v) is 20.5. The largest absolute Gasteiger partial charge is 0.461 e. The maximum absolute atomic E-state index is 13.3. The number of rotatable bonds is 15. The van der Waals surface area contributed by atoms with Gasteiger partial charge in [-0.1, -0.05) is 176 Å². The highest BCUT2D eigenvalue weighted by atomic mass is 28.4. The van der Waals surface area contributed by atoms with Crippen molar-refractivity contribution in [3.63, 3.8) is 0 Å². The molecule has 2 atom stereocenters. The number of ether oxygens (including phenoxy) is 1. The number of carbonyl (C=O) groups excluding carboxylic acids is 2. The van der Waals surface area contributed by atoms with E-state index in [1.165, 1.54) is 0 Å². The second kappa shape index (κ2) is 16.0. The second-order valence-corrected chi connectivity index (χ2v) is 22.8. The standard InChI is InChI=1S/C41H50O5Si2/c1-8-29-44-39(43)31-33(45-47(40(2,3)4,35-21-13-9-14-22-35)36-23-15-10-16-24-36)30-34(32-42)46-48(41(5,6)7,37-25-17-11-18-26-37)38-27-19-12-20-28-38/h8-28,32-34H,1,29-31H2,2-7H3/t33-,34+/m0/s1. The van der Waals surface area contributed by atoms with Crippen molar-refractivity contribution in [2.24, 2.45) is 0 Å². The molecule has 7 heteroatoms. The zero-order valence-electron chi connectivity index (χ0n) is 29.2. The van der Waals surface area contributed by atoms with Gasteiger partial charge in [0.25, 0.3) is 16.6 Å². The minimum absolute atomic E-state index is 0.0349. The fourth-order valence-corrected chi connectivity index (χ4v) is 16.1. The van der Waals surface area contributed by atoms with Gasteiger partial charge in [0.05, 0.1) is 12.5 Å². The molecular formula is C41H50O5Si2. The monoisotopic (exact) mass is 678 g/mol. The molecule has 0 radical (unpaired) electrons. The molecule has 0 unspecified atom stereocenters. The molecule has 48 heavy (non-hydrogen) atoms. The average Bonchev–Trinajstić information content (AvgIpc) is 3.08. The third-order valence-electron chi connectivity index (χ3n) is 8.91. The first kappa shape index (κ1) is 36.9. The summed E-state index contributed by atoms with van der Waals surface area (Å²) in [4.78, 5) is 26.5. The average molecular weight is 679 g/mol. The van der Waals surface area contributed by atoms with E-state index in [0.717, 1.165) is 27.0 Å². The summed E-state index contributed by atoms with van der Waals surface area (Å²) >= 11 is 0. The van der Waals surface area contributed by atoms with Gasteiger partial charge in [-0.15, -0.1) is 0 Å². The molecule has 0 aliphatic rings. The van der Waals surface area contributed by atoms with Gasteiger partial charge in [-0.05, 0) is 30.8 Å². The lowest BCUT2D eigenvalue weighted by Crippen LogP contribution is -2.69. The lowest BCUT2D eigenvalue weighted by atomic mass is 10.1. The van der Waals surface area contributed by atoms with E-state index in [0.29, 0.717) is 0 Å². The zero-order chi connectivity index (χ0) is 34.8. The van der Waals surface area contributed by atoms with E-state index >= 15 is 0 Å². The van der Waals surface area contributed by atoms with E-state index < -0.39 is 34.8 Å². The van der Waals surface area contributed by atoms with Gasteiger partial charge in [0.1, 0.15) is 19.0 Å². The summed E-state index contributed by atoms with van der Waals surface area (Å²) in [6.07, 6.45) is 1.05. The van der Waals surface area contributed by atoms with Crippen molar-refractivity contribution in [2.75, 3.05) is 6.61 Å². The number of carbonyl (C=O) groups is 2. The normalized spacial score (nSPS) is 13.7. The highest BCUT2D eigenvalue weighted by molar-refractivity contribution is 7.00. The van der Waals surface area contributed by atoms with Crippen LogP contribution in [0.4, 0.5) is 0 Å². The van der Waals surface area contributed by atoms with Crippen LogP contribution in [0.5, 0.6) is 0 Å². The highest BCUT2D eigenvalue weighted by Gasteiger charge is 2.54. The number of aldehydes is 1. The molecule has 4 aromatic rings. The molecule has 0 fully saturated rings. The smallest absolute Gasteiger partial charge is 0.308 e. The van der Waals surface area contributed by atoms with E-state index in [2.05, 4.69) is 96.7 Å². The van der Waals surface area contributed by atoms with Crippen LogP contribution in [0.15, 0.2) is 134 Å². The summed E-state index contributed by atoms with van der Waals surface area (Å²) in [7, 11) is -6.19. The summed E-state index contributed by atoms with van der Waals surface area (Å²) < 4.78 is 20.2. The van der Waals surface area contributed by atoms with Gasteiger partial charge in [-0.2, -0.15) is 0 Å². The van der Waals surface area contributed by atoms with Crippen molar-refractivity contribution in [2.45, 2.75) is 76.7 Å². The third kappa shape index (κ3) is 8.04. The Labute approximate surface area is 289 Å². The van der Waals surface area contributed by atoms with Crippen LogP contribution in [-0.4, -0.2) is 47.7 Å². The van der Waals surface area contributed by atoms with Crippen LogP contribution in [0.25, 0.3) is 0 Å². The third-order valence-corrected chi connectivity index (χ3v) is 19.1. The van der Waals surface area contributed by atoms with Crippen LogP contribution in [0.3, 0.4) is 0 Å². The zero-order valence-corrected chi connectivity index (χ0v) is 31.2. The molecule has 0 N–H and O–H groups in total. The molecule has 0 saturated carbocycles. The first-order valence-electron chi connectivity index (χ1n) is 16.7. The molecular weight excluding hydrogens is 629 g/mol. The van der Waals surface area contributed by atoms with Crippen molar-refractivity contribution in [1.82, 2.24) is 0 Å². The minimum Gasteiger partial charge on any atom is -0.461 e. The number of benzene rings is 4. The predicted molar refractivity (Wildman–Crippen MR) is 201 cm³/mol. The number of hydrogen-bond donors (Lipinski definition) is 0.